The standard InChI is InChI=1S/C19H28FN5O2.HI/c1-5-21-18(23-13-19(2,26)15-10-24-25(3)12-15)22-11-17(27-4)14-6-8-16(20)9-7-14;/h6-10,12,17,26H,5,11,13H2,1-4H3,(H2,21,22,23);1H. The Labute approximate surface area is 182 Å². The molecule has 0 saturated carbocycles. The van der Waals surface area contributed by atoms with Crippen LogP contribution in [0.4, 0.5) is 4.39 Å². The van der Waals surface area contributed by atoms with Crippen LogP contribution in [0, 0.1) is 5.82 Å². The van der Waals surface area contributed by atoms with E-state index in [1.165, 1.54) is 12.1 Å². The Morgan fingerprint density at radius 2 is 2.04 bits per heavy atom. The largest absolute Gasteiger partial charge is 0.383 e. The van der Waals surface area contributed by atoms with E-state index in [-0.39, 0.29) is 42.4 Å². The van der Waals surface area contributed by atoms with Gasteiger partial charge in [-0.15, -0.1) is 24.0 Å². The average molecular weight is 505 g/mol. The Bertz CT molecular complexity index is 749. The number of hydrogen-bond acceptors (Lipinski definition) is 4. The highest BCUT2D eigenvalue weighted by molar-refractivity contribution is 14.0. The van der Waals surface area contributed by atoms with Crippen LogP contribution in [0.2, 0.25) is 0 Å². The van der Waals surface area contributed by atoms with Crippen LogP contribution in [0.1, 0.15) is 31.1 Å². The predicted molar refractivity (Wildman–Crippen MR) is 118 cm³/mol. The summed E-state index contributed by atoms with van der Waals surface area (Å²) in [6.45, 7) is 4.96. The molecule has 2 aromatic rings. The number of rotatable bonds is 8. The van der Waals surface area contributed by atoms with E-state index in [2.05, 4.69) is 20.7 Å². The van der Waals surface area contributed by atoms with Crippen molar-refractivity contribution in [3.05, 3.63) is 53.6 Å². The fourth-order valence-corrected chi connectivity index (χ4v) is 2.57. The van der Waals surface area contributed by atoms with Gasteiger partial charge in [-0.3, -0.25) is 4.68 Å². The zero-order chi connectivity index (χ0) is 19.9. The fourth-order valence-electron chi connectivity index (χ4n) is 2.57. The van der Waals surface area contributed by atoms with Gasteiger partial charge in [0.1, 0.15) is 11.4 Å². The van der Waals surface area contributed by atoms with E-state index in [0.29, 0.717) is 24.6 Å². The quantitative estimate of drug-likeness (QED) is 0.292. The predicted octanol–water partition coefficient (Wildman–Crippen LogP) is 2.33. The molecule has 0 aliphatic heterocycles. The smallest absolute Gasteiger partial charge is 0.191 e. The molecule has 9 heteroatoms. The maximum atomic E-state index is 13.1. The van der Waals surface area contributed by atoms with Gasteiger partial charge in [-0.25, -0.2) is 9.38 Å². The second-order valence-corrected chi connectivity index (χ2v) is 6.53. The van der Waals surface area contributed by atoms with Gasteiger partial charge in [-0.2, -0.15) is 5.10 Å². The second kappa shape index (κ2) is 11.3. The summed E-state index contributed by atoms with van der Waals surface area (Å²) < 4.78 is 20.2. The molecule has 7 nitrogen and oxygen atoms in total. The van der Waals surface area contributed by atoms with Gasteiger partial charge in [0.05, 0.1) is 18.8 Å². The number of ether oxygens (including phenoxy) is 1. The summed E-state index contributed by atoms with van der Waals surface area (Å²) in [5.74, 6) is 0.278. The lowest BCUT2D eigenvalue weighted by Gasteiger charge is -2.22. The van der Waals surface area contributed by atoms with Crippen molar-refractivity contribution in [3.63, 3.8) is 0 Å². The molecule has 0 bridgehead atoms. The summed E-state index contributed by atoms with van der Waals surface area (Å²) >= 11 is 0. The molecule has 0 fully saturated rings. The number of aromatic nitrogens is 2. The summed E-state index contributed by atoms with van der Waals surface area (Å²) in [6.07, 6.45) is 3.14. The van der Waals surface area contributed by atoms with Crippen molar-refractivity contribution in [3.8, 4) is 0 Å². The van der Waals surface area contributed by atoms with E-state index in [1.807, 2.05) is 6.92 Å². The highest BCUT2D eigenvalue weighted by Crippen LogP contribution is 2.20. The summed E-state index contributed by atoms with van der Waals surface area (Å²) in [6, 6.07) is 6.21. The van der Waals surface area contributed by atoms with Crippen molar-refractivity contribution in [1.82, 2.24) is 20.4 Å². The first-order valence-corrected chi connectivity index (χ1v) is 8.87. The van der Waals surface area contributed by atoms with Crippen LogP contribution in [0.5, 0.6) is 0 Å². The molecule has 2 rings (SSSR count). The number of nitrogens with zero attached hydrogens (tertiary/aromatic N) is 3. The first-order chi connectivity index (χ1) is 12.9. The number of halogens is 2. The van der Waals surface area contributed by atoms with Gasteiger partial charge in [0.15, 0.2) is 5.96 Å². The lowest BCUT2D eigenvalue weighted by molar-refractivity contribution is 0.0671. The molecule has 0 spiro atoms. The Kier molecular flexibility index (Phi) is 9.83. The van der Waals surface area contributed by atoms with E-state index >= 15 is 0 Å². The van der Waals surface area contributed by atoms with Crippen LogP contribution in [-0.4, -0.2) is 47.6 Å². The summed E-state index contributed by atoms with van der Waals surface area (Å²) in [7, 11) is 3.40. The zero-order valence-electron chi connectivity index (χ0n) is 16.6. The molecule has 2 atom stereocenters. The van der Waals surface area contributed by atoms with Crippen molar-refractivity contribution < 1.29 is 14.2 Å². The fraction of sp³-hybridized carbons (Fsp3) is 0.474. The van der Waals surface area contributed by atoms with Gasteiger partial charge >= 0.3 is 0 Å². The Morgan fingerprint density at radius 3 is 2.57 bits per heavy atom. The third kappa shape index (κ3) is 7.02. The first kappa shape index (κ1) is 24.3. The number of nitrogens with one attached hydrogen (secondary N) is 2. The van der Waals surface area contributed by atoms with Crippen LogP contribution in [0.3, 0.4) is 0 Å². The van der Waals surface area contributed by atoms with E-state index in [0.717, 1.165) is 5.56 Å². The normalized spacial score (nSPS) is 14.7. The summed E-state index contributed by atoms with van der Waals surface area (Å²) in [5, 5.41) is 21.1. The van der Waals surface area contributed by atoms with Gasteiger partial charge in [0.2, 0.25) is 0 Å². The van der Waals surface area contributed by atoms with Crippen molar-refractivity contribution in [2.75, 3.05) is 26.7 Å². The lowest BCUT2D eigenvalue weighted by Crippen LogP contribution is -2.40. The number of benzene rings is 1. The van der Waals surface area contributed by atoms with Gasteiger partial charge in [0, 0.05) is 39.0 Å². The average Bonchev–Trinajstić information content (AvgIpc) is 3.09. The second-order valence-electron chi connectivity index (χ2n) is 6.53. The van der Waals surface area contributed by atoms with Crippen LogP contribution >= 0.6 is 24.0 Å². The molecular formula is C19H29FIN5O2. The van der Waals surface area contributed by atoms with Crippen LogP contribution in [-0.2, 0) is 17.4 Å². The zero-order valence-corrected chi connectivity index (χ0v) is 19.0. The number of methoxy groups -OCH3 is 1. The Morgan fingerprint density at radius 1 is 1.36 bits per heavy atom. The number of hydrogen-bond donors (Lipinski definition) is 3. The van der Waals surface area contributed by atoms with E-state index in [9.17, 15) is 9.50 Å². The van der Waals surface area contributed by atoms with E-state index < -0.39 is 5.60 Å². The minimum absolute atomic E-state index is 0. The first-order valence-electron chi connectivity index (χ1n) is 8.87. The van der Waals surface area contributed by atoms with Crippen LogP contribution in [0.15, 0.2) is 41.7 Å². The molecule has 1 aromatic heterocycles. The maximum absolute atomic E-state index is 13.1. The number of guanidine groups is 1. The molecule has 0 saturated heterocycles. The summed E-state index contributed by atoms with van der Waals surface area (Å²) in [4.78, 5) is 4.48. The Balaban J connectivity index is 0.00000392. The topological polar surface area (TPSA) is 83.7 Å². The molecule has 1 aromatic carbocycles. The highest BCUT2D eigenvalue weighted by atomic mass is 127. The van der Waals surface area contributed by atoms with Crippen LogP contribution < -0.4 is 10.6 Å². The SMILES string of the molecule is CCNC(=NCC(C)(O)c1cnn(C)c1)NCC(OC)c1ccc(F)cc1.I. The maximum Gasteiger partial charge on any atom is 0.191 e. The molecule has 0 radical (unpaired) electrons. The van der Waals surface area contributed by atoms with Crippen molar-refractivity contribution in [2.24, 2.45) is 12.0 Å². The van der Waals surface area contributed by atoms with Crippen molar-refractivity contribution >= 4 is 29.9 Å². The van der Waals surface area contributed by atoms with E-state index in [4.69, 9.17) is 4.74 Å². The van der Waals surface area contributed by atoms with Crippen molar-refractivity contribution in [2.45, 2.75) is 25.6 Å². The lowest BCUT2D eigenvalue weighted by atomic mass is 10.0. The molecule has 3 N–H and O–H groups in total. The van der Waals surface area contributed by atoms with Gasteiger partial charge in [0.25, 0.3) is 0 Å². The molecule has 0 aliphatic rings. The molecule has 1 heterocycles. The minimum atomic E-state index is -1.13. The van der Waals surface area contributed by atoms with E-state index in [1.54, 1.807) is 50.3 Å². The minimum Gasteiger partial charge on any atom is -0.383 e. The van der Waals surface area contributed by atoms with Gasteiger partial charge in [-0.1, -0.05) is 12.1 Å². The van der Waals surface area contributed by atoms with Crippen LogP contribution in [0.25, 0.3) is 0 Å². The number of aliphatic imine (C=N–C) groups is 1. The van der Waals surface area contributed by atoms with Gasteiger partial charge < -0.3 is 20.5 Å². The number of aryl methyl sites for hydroxylation is 1. The Hall–Kier alpha value is -1.72. The third-order valence-corrected chi connectivity index (χ3v) is 4.20. The van der Waals surface area contributed by atoms with Crippen molar-refractivity contribution in [1.29, 1.82) is 0 Å². The third-order valence-electron chi connectivity index (χ3n) is 4.20. The van der Waals surface area contributed by atoms with Gasteiger partial charge in [-0.05, 0) is 31.5 Å². The molecule has 0 amide bonds. The summed E-state index contributed by atoms with van der Waals surface area (Å²) in [5.41, 5.74) is 0.434. The molecule has 28 heavy (non-hydrogen) atoms. The molecule has 156 valence electrons. The number of aliphatic hydroxyl groups is 1. The molecule has 0 aliphatic carbocycles. The highest BCUT2D eigenvalue weighted by Gasteiger charge is 2.24. The molecule has 2 unspecified atom stereocenters. The monoisotopic (exact) mass is 505 g/mol. The molecular weight excluding hydrogens is 476 g/mol.